The van der Waals surface area contributed by atoms with Gasteiger partial charge in [0.2, 0.25) is 0 Å². The molecule has 0 spiro atoms. The second-order valence-electron chi connectivity index (χ2n) is 5.24. The third-order valence-electron chi connectivity index (χ3n) is 4.01. The molecule has 1 saturated heterocycles. The summed E-state index contributed by atoms with van der Waals surface area (Å²) < 4.78 is 5.78. The molecule has 3 nitrogen and oxygen atoms in total. The zero-order chi connectivity index (χ0) is 13.7. The van der Waals surface area contributed by atoms with E-state index in [0.29, 0.717) is 12.1 Å². The molecule has 0 saturated carbocycles. The summed E-state index contributed by atoms with van der Waals surface area (Å²) in [7, 11) is 2.01. The summed E-state index contributed by atoms with van der Waals surface area (Å²) in [4.78, 5) is 2.44. The molecule has 1 aromatic carbocycles. The Balaban J connectivity index is 2.16. The summed E-state index contributed by atoms with van der Waals surface area (Å²) in [5.41, 5.74) is 2.70. The zero-order valence-corrected chi connectivity index (χ0v) is 12.4. The fourth-order valence-corrected chi connectivity index (χ4v) is 2.73. The molecule has 19 heavy (non-hydrogen) atoms. The molecule has 0 radical (unpaired) electrons. The molecule has 0 bridgehead atoms. The second-order valence-corrected chi connectivity index (χ2v) is 5.24. The van der Waals surface area contributed by atoms with E-state index in [1.165, 1.54) is 24.1 Å². The Morgan fingerprint density at radius 1 is 1.42 bits per heavy atom. The Bertz CT molecular complexity index is 388. The van der Waals surface area contributed by atoms with Gasteiger partial charge in [-0.05, 0) is 45.4 Å². The predicted octanol–water partition coefficient (Wildman–Crippen LogP) is 2.97. The first-order valence-corrected chi connectivity index (χ1v) is 7.39. The first-order valence-electron chi connectivity index (χ1n) is 7.39. The number of para-hydroxylation sites is 1. The van der Waals surface area contributed by atoms with Gasteiger partial charge in [-0.25, -0.2) is 0 Å². The summed E-state index contributed by atoms with van der Waals surface area (Å²) in [6.45, 7) is 7.38. The van der Waals surface area contributed by atoms with Crippen LogP contribution in [-0.2, 0) is 4.74 Å². The minimum absolute atomic E-state index is 0.370. The van der Waals surface area contributed by atoms with Crippen LogP contribution >= 0.6 is 0 Å². The number of nitrogens with zero attached hydrogens (tertiary/aromatic N) is 1. The minimum Gasteiger partial charge on any atom is -0.376 e. The first kappa shape index (κ1) is 14.4. The first-order chi connectivity index (χ1) is 9.26. The lowest BCUT2D eigenvalue weighted by molar-refractivity contribution is 0.115. The number of nitrogens with one attached hydrogen (secondary N) is 1. The van der Waals surface area contributed by atoms with Crippen LogP contribution in [0.3, 0.4) is 0 Å². The van der Waals surface area contributed by atoms with Gasteiger partial charge in [-0.3, -0.25) is 0 Å². The van der Waals surface area contributed by atoms with E-state index in [1.54, 1.807) is 0 Å². The van der Waals surface area contributed by atoms with Crippen LogP contribution in [0.5, 0.6) is 0 Å². The van der Waals surface area contributed by atoms with E-state index in [4.69, 9.17) is 4.74 Å². The maximum atomic E-state index is 5.78. The molecular weight excluding hydrogens is 236 g/mol. The second kappa shape index (κ2) is 6.92. The van der Waals surface area contributed by atoms with Gasteiger partial charge in [0.25, 0.3) is 0 Å². The summed E-state index contributed by atoms with van der Waals surface area (Å²) >= 11 is 0. The van der Waals surface area contributed by atoms with Crippen molar-refractivity contribution < 1.29 is 4.74 Å². The lowest BCUT2D eigenvalue weighted by Crippen LogP contribution is -2.33. The van der Waals surface area contributed by atoms with Crippen molar-refractivity contribution in [1.82, 2.24) is 5.32 Å². The molecule has 1 aromatic rings. The molecule has 0 aromatic heterocycles. The Labute approximate surface area is 116 Å². The average Bonchev–Trinajstić information content (AvgIpc) is 2.97. The van der Waals surface area contributed by atoms with E-state index in [-0.39, 0.29) is 0 Å². The van der Waals surface area contributed by atoms with E-state index in [9.17, 15) is 0 Å². The molecule has 1 N–H and O–H groups in total. The van der Waals surface area contributed by atoms with Crippen molar-refractivity contribution in [2.24, 2.45) is 0 Å². The van der Waals surface area contributed by atoms with Crippen molar-refractivity contribution in [3.05, 3.63) is 29.8 Å². The molecule has 2 rings (SSSR count). The summed E-state index contributed by atoms with van der Waals surface area (Å²) in [6.07, 6.45) is 2.80. The van der Waals surface area contributed by atoms with Crippen LogP contribution in [0, 0.1) is 0 Å². The monoisotopic (exact) mass is 262 g/mol. The van der Waals surface area contributed by atoms with Gasteiger partial charge in [0, 0.05) is 31.4 Å². The third-order valence-corrected chi connectivity index (χ3v) is 4.01. The van der Waals surface area contributed by atoms with Gasteiger partial charge in [0.1, 0.15) is 0 Å². The molecule has 2 atom stereocenters. The molecule has 1 fully saturated rings. The minimum atomic E-state index is 0.370. The maximum absolute atomic E-state index is 5.78. The average molecular weight is 262 g/mol. The van der Waals surface area contributed by atoms with Gasteiger partial charge >= 0.3 is 0 Å². The molecule has 1 aliphatic rings. The normalized spacial score (nSPS) is 20.5. The summed E-state index contributed by atoms with van der Waals surface area (Å²) in [5, 5.41) is 3.34. The number of hydrogen-bond acceptors (Lipinski definition) is 3. The van der Waals surface area contributed by atoms with Gasteiger partial charge in [0.15, 0.2) is 0 Å². The van der Waals surface area contributed by atoms with Crippen LogP contribution in [0.25, 0.3) is 0 Å². The van der Waals surface area contributed by atoms with Crippen molar-refractivity contribution in [3.63, 3.8) is 0 Å². The van der Waals surface area contributed by atoms with Gasteiger partial charge in [0.05, 0.1) is 6.10 Å². The zero-order valence-electron chi connectivity index (χ0n) is 12.4. The van der Waals surface area contributed by atoms with Gasteiger partial charge in [-0.2, -0.15) is 0 Å². The van der Waals surface area contributed by atoms with Crippen LogP contribution in [-0.4, -0.2) is 32.8 Å². The standard InChI is InChI=1S/C16H26N2O/c1-4-18(12-14-8-7-11-19-14)16-10-6-5-9-15(16)13(2)17-3/h5-6,9-10,13-14,17H,4,7-8,11-12H2,1-3H3. The number of ether oxygens (including phenoxy) is 1. The van der Waals surface area contributed by atoms with Crippen molar-refractivity contribution in [1.29, 1.82) is 0 Å². The molecule has 3 heteroatoms. The summed E-state index contributed by atoms with van der Waals surface area (Å²) in [6, 6.07) is 9.05. The highest BCUT2D eigenvalue weighted by Gasteiger charge is 2.20. The SMILES string of the molecule is CCN(CC1CCCO1)c1ccccc1C(C)NC. The van der Waals surface area contributed by atoms with E-state index < -0.39 is 0 Å². The lowest BCUT2D eigenvalue weighted by atomic mass is 10.0. The molecule has 106 valence electrons. The Morgan fingerprint density at radius 2 is 2.21 bits per heavy atom. The van der Waals surface area contributed by atoms with E-state index in [0.717, 1.165) is 19.7 Å². The molecule has 1 heterocycles. The van der Waals surface area contributed by atoms with E-state index in [1.807, 2.05) is 7.05 Å². The van der Waals surface area contributed by atoms with Crippen LogP contribution in [0.1, 0.15) is 38.3 Å². The highest BCUT2D eigenvalue weighted by molar-refractivity contribution is 5.55. The van der Waals surface area contributed by atoms with Crippen molar-refractivity contribution in [2.45, 2.75) is 38.8 Å². The summed E-state index contributed by atoms with van der Waals surface area (Å²) in [5.74, 6) is 0. The molecule has 0 aliphatic carbocycles. The number of likely N-dealkylation sites (N-methyl/N-ethyl adjacent to an activating group) is 1. The number of hydrogen-bond donors (Lipinski definition) is 1. The molecule has 2 unspecified atom stereocenters. The smallest absolute Gasteiger partial charge is 0.0750 e. The van der Waals surface area contributed by atoms with Crippen LogP contribution in [0.2, 0.25) is 0 Å². The predicted molar refractivity (Wildman–Crippen MR) is 80.8 cm³/mol. The quantitative estimate of drug-likeness (QED) is 0.853. The Morgan fingerprint density at radius 3 is 2.84 bits per heavy atom. The maximum Gasteiger partial charge on any atom is 0.0750 e. The van der Waals surface area contributed by atoms with E-state index in [2.05, 4.69) is 48.3 Å². The van der Waals surface area contributed by atoms with Crippen molar-refractivity contribution >= 4 is 5.69 Å². The number of benzene rings is 1. The number of rotatable bonds is 6. The van der Waals surface area contributed by atoms with Crippen molar-refractivity contribution in [2.75, 3.05) is 31.6 Å². The molecule has 1 aliphatic heterocycles. The highest BCUT2D eigenvalue weighted by Crippen LogP contribution is 2.27. The van der Waals surface area contributed by atoms with Crippen molar-refractivity contribution in [3.8, 4) is 0 Å². The molecule has 0 amide bonds. The van der Waals surface area contributed by atoms with Crippen LogP contribution in [0.15, 0.2) is 24.3 Å². The van der Waals surface area contributed by atoms with Crippen LogP contribution in [0.4, 0.5) is 5.69 Å². The van der Waals surface area contributed by atoms with E-state index >= 15 is 0 Å². The highest BCUT2D eigenvalue weighted by atomic mass is 16.5. The van der Waals surface area contributed by atoms with Gasteiger partial charge in [-0.1, -0.05) is 18.2 Å². The van der Waals surface area contributed by atoms with Gasteiger partial charge < -0.3 is 15.0 Å². The van der Waals surface area contributed by atoms with Gasteiger partial charge in [-0.15, -0.1) is 0 Å². The largest absolute Gasteiger partial charge is 0.376 e. The third kappa shape index (κ3) is 3.48. The fraction of sp³-hybridized carbons (Fsp3) is 0.625. The fourth-order valence-electron chi connectivity index (χ4n) is 2.73. The topological polar surface area (TPSA) is 24.5 Å². The Hall–Kier alpha value is -1.06. The number of anilines is 1. The van der Waals surface area contributed by atoms with Crippen LogP contribution < -0.4 is 10.2 Å². The molecular formula is C16H26N2O. The Kier molecular flexibility index (Phi) is 5.23. The lowest BCUT2D eigenvalue weighted by Gasteiger charge is -2.29.